The molecule has 0 saturated heterocycles. The van der Waals surface area contributed by atoms with Gasteiger partial charge in [0, 0.05) is 0 Å². The maximum absolute atomic E-state index is 12.7. The summed E-state index contributed by atoms with van der Waals surface area (Å²) in [7, 11) is 0. The molecule has 5 rings (SSSR count). The van der Waals surface area contributed by atoms with Crippen molar-refractivity contribution in [1.82, 2.24) is 0 Å². The highest BCUT2D eigenvalue weighted by Gasteiger charge is 2.63. The Hall–Kier alpha value is -1.06. The first-order valence-electron chi connectivity index (χ1n) is 14.4. The van der Waals surface area contributed by atoms with Crippen LogP contribution in [-0.2, 0) is 14.3 Å². The maximum Gasteiger partial charge on any atom is 0.309 e. The van der Waals surface area contributed by atoms with Gasteiger partial charge < -0.3 is 9.84 Å². The molecule has 0 aromatic rings. The van der Waals surface area contributed by atoms with Crippen molar-refractivity contribution in [2.24, 2.45) is 57.7 Å². The number of carbonyl (C=O) groups excluding carboxylic acids is 1. The van der Waals surface area contributed by atoms with E-state index in [9.17, 15) is 14.7 Å². The van der Waals surface area contributed by atoms with E-state index in [0.29, 0.717) is 22.7 Å². The number of fused-ring (bicyclic) bond motifs is 7. The van der Waals surface area contributed by atoms with E-state index in [1.54, 1.807) is 13.8 Å². The van der Waals surface area contributed by atoms with E-state index in [4.69, 9.17) is 4.74 Å². The van der Waals surface area contributed by atoms with Crippen LogP contribution in [0.3, 0.4) is 0 Å². The van der Waals surface area contributed by atoms with Crippen LogP contribution >= 0.6 is 0 Å². The Bertz CT molecular complexity index is 819. The van der Waals surface area contributed by atoms with Crippen LogP contribution < -0.4 is 0 Å². The lowest BCUT2D eigenvalue weighted by Crippen LogP contribution is -2.60. The molecule has 34 heavy (non-hydrogen) atoms. The fourth-order valence-corrected chi connectivity index (χ4v) is 10.6. The molecule has 0 heterocycles. The first-order chi connectivity index (χ1) is 16.0. The number of hydrogen-bond donors (Lipinski definition) is 1. The van der Waals surface area contributed by atoms with Crippen molar-refractivity contribution in [2.75, 3.05) is 0 Å². The van der Waals surface area contributed by atoms with Crippen LogP contribution in [0.4, 0.5) is 0 Å². The van der Waals surface area contributed by atoms with Gasteiger partial charge in [-0.05, 0) is 124 Å². The van der Waals surface area contributed by atoms with Crippen LogP contribution in [0.25, 0.3) is 0 Å². The van der Waals surface area contributed by atoms with E-state index in [2.05, 4.69) is 20.8 Å². The summed E-state index contributed by atoms with van der Waals surface area (Å²) < 4.78 is 5.98. The van der Waals surface area contributed by atoms with Crippen LogP contribution in [-0.4, -0.2) is 23.1 Å². The summed E-state index contributed by atoms with van der Waals surface area (Å²) in [5.74, 6) is 4.42. The maximum atomic E-state index is 12.7. The number of carboxylic acids is 1. The van der Waals surface area contributed by atoms with Gasteiger partial charge >= 0.3 is 11.9 Å². The molecule has 10 atom stereocenters. The van der Waals surface area contributed by atoms with Gasteiger partial charge in [0.25, 0.3) is 0 Å². The van der Waals surface area contributed by atoms with Gasteiger partial charge in [0.15, 0.2) is 0 Å². The molecular formula is C30H48O4. The number of carboxylic acid groups (broad SMARTS) is 1. The van der Waals surface area contributed by atoms with Gasteiger partial charge in [-0.1, -0.05) is 33.6 Å². The SMILES string of the molecule is CC1C(OC(=O)CC(C)(C)C(=O)O)CCC2(C)C1CCC1(C)C3CCC4CCCC4C3CCC21. The summed E-state index contributed by atoms with van der Waals surface area (Å²) in [5, 5.41) is 9.40. The highest BCUT2D eigenvalue weighted by atomic mass is 16.5. The lowest BCUT2D eigenvalue weighted by Gasteiger charge is -2.67. The summed E-state index contributed by atoms with van der Waals surface area (Å²) in [4.78, 5) is 24.1. The monoisotopic (exact) mass is 472 g/mol. The molecule has 0 aromatic heterocycles. The van der Waals surface area contributed by atoms with Gasteiger partial charge in [-0.2, -0.15) is 0 Å². The van der Waals surface area contributed by atoms with Gasteiger partial charge in [0.2, 0.25) is 0 Å². The molecule has 0 spiro atoms. The largest absolute Gasteiger partial charge is 0.481 e. The number of esters is 1. The minimum absolute atomic E-state index is 0.0561. The Labute approximate surface area is 207 Å². The zero-order valence-electron chi connectivity index (χ0n) is 22.3. The second kappa shape index (κ2) is 8.51. The van der Waals surface area contributed by atoms with Crippen molar-refractivity contribution in [1.29, 1.82) is 0 Å². The van der Waals surface area contributed by atoms with Gasteiger partial charge in [-0.15, -0.1) is 0 Å². The highest BCUT2D eigenvalue weighted by molar-refractivity contribution is 5.81. The van der Waals surface area contributed by atoms with Crippen molar-refractivity contribution >= 4 is 11.9 Å². The molecule has 0 aliphatic heterocycles. The van der Waals surface area contributed by atoms with Crippen molar-refractivity contribution < 1.29 is 19.4 Å². The molecule has 1 N–H and O–H groups in total. The zero-order valence-corrected chi connectivity index (χ0v) is 22.3. The molecule has 0 radical (unpaired) electrons. The fourth-order valence-electron chi connectivity index (χ4n) is 10.6. The summed E-state index contributed by atoms with van der Waals surface area (Å²) in [6.07, 6.45) is 14.8. The second-order valence-electron chi connectivity index (χ2n) is 14.3. The van der Waals surface area contributed by atoms with Gasteiger partial charge in [0.05, 0.1) is 11.8 Å². The van der Waals surface area contributed by atoms with E-state index < -0.39 is 11.4 Å². The van der Waals surface area contributed by atoms with Crippen LogP contribution in [0.15, 0.2) is 0 Å². The van der Waals surface area contributed by atoms with Crippen molar-refractivity contribution in [3.8, 4) is 0 Å². The highest BCUT2D eigenvalue weighted by Crippen LogP contribution is 2.70. The number of hydrogen-bond acceptors (Lipinski definition) is 3. The molecule has 5 aliphatic rings. The lowest BCUT2D eigenvalue weighted by atomic mass is 9.38. The van der Waals surface area contributed by atoms with E-state index in [0.717, 1.165) is 42.4 Å². The van der Waals surface area contributed by atoms with Crippen molar-refractivity contribution in [2.45, 2.75) is 118 Å². The van der Waals surface area contributed by atoms with Crippen LogP contribution in [0.5, 0.6) is 0 Å². The number of ether oxygens (including phenoxy) is 1. The average Bonchev–Trinajstić information content (AvgIpc) is 3.24. The Balaban J connectivity index is 1.30. The van der Waals surface area contributed by atoms with E-state index >= 15 is 0 Å². The zero-order chi connectivity index (χ0) is 24.5. The molecule has 4 nitrogen and oxygen atoms in total. The fraction of sp³-hybridized carbons (Fsp3) is 0.933. The van der Waals surface area contributed by atoms with Crippen LogP contribution in [0.2, 0.25) is 0 Å². The molecule has 4 heteroatoms. The third-order valence-corrected chi connectivity index (χ3v) is 12.3. The molecule has 192 valence electrons. The van der Waals surface area contributed by atoms with Crippen molar-refractivity contribution in [3.05, 3.63) is 0 Å². The summed E-state index contributed by atoms with van der Waals surface area (Å²) in [6.45, 7) is 10.8. The standard InChI is InChI=1S/C30H48O4/c1-18-22-13-15-30(5)23-11-9-19-7-6-8-20(19)21(23)10-12-25(30)29(22,4)16-14-24(18)34-26(31)17-28(2,3)27(32)33/h18-25H,6-17H2,1-5H3,(H,32,33). The molecular weight excluding hydrogens is 424 g/mol. The lowest BCUT2D eigenvalue weighted by molar-refractivity contribution is -0.198. The summed E-state index contributed by atoms with van der Waals surface area (Å²) in [5.41, 5.74) is -0.253. The van der Waals surface area contributed by atoms with Crippen LogP contribution in [0.1, 0.15) is 112 Å². The Morgan fingerprint density at radius 3 is 2.32 bits per heavy atom. The Morgan fingerprint density at radius 2 is 1.59 bits per heavy atom. The van der Waals surface area contributed by atoms with Gasteiger partial charge in [-0.25, -0.2) is 0 Å². The summed E-state index contributed by atoms with van der Waals surface area (Å²) >= 11 is 0. The third kappa shape index (κ3) is 3.76. The quantitative estimate of drug-likeness (QED) is 0.443. The molecule has 0 aromatic carbocycles. The van der Waals surface area contributed by atoms with E-state index in [1.165, 1.54) is 57.8 Å². The predicted octanol–water partition coefficient (Wildman–Crippen LogP) is 7.10. The molecule has 0 amide bonds. The number of aliphatic carboxylic acids is 1. The molecule has 5 fully saturated rings. The summed E-state index contributed by atoms with van der Waals surface area (Å²) in [6, 6.07) is 0. The number of rotatable bonds is 4. The molecule has 5 aliphatic carbocycles. The molecule has 10 unspecified atom stereocenters. The third-order valence-electron chi connectivity index (χ3n) is 12.3. The normalized spacial score (nSPS) is 48.1. The molecule has 5 saturated carbocycles. The minimum atomic E-state index is -1.08. The van der Waals surface area contributed by atoms with Gasteiger partial charge in [0.1, 0.15) is 6.10 Å². The second-order valence-corrected chi connectivity index (χ2v) is 14.3. The Kier molecular flexibility index (Phi) is 6.16. The average molecular weight is 473 g/mol. The van der Waals surface area contributed by atoms with Crippen molar-refractivity contribution in [3.63, 3.8) is 0 Å². The Morgan fingerprint density at radius 1 is 0.882 bits per heavy atom. The first kappa shape index (κ1) is 24.6. The van der Waals surface area contributed by atoms with E-state index in [-0.39, 0.29) is 18.5 Å². The smallest absolute Gasteiger partial charge is 0.309 e. The van der Waals surface area contributed by atoms with E-state index in [1.807, 2.05) is 0 Å². The topological polar surface area (TPSA) is 63.6 Å². The van der Waals surface area contributed by atoms with Crippen LogP contribution in [0, 0.1) is 57.7 Å². The number of carbonyl (C=O) groups is 2. The minimum Gasteiger partial charge on any atom is -0.481 e. The predicted molar refractivity (Wildman–Crippen MR) is 133 cm³/mol. The van der Waals surface area contributed by atoms with Gasteiger partial charge in [-0.3, -0.25) is 9.59 Å². The first-order valence-corrected chi connectivity index (χ1v) is 14.4. The molecule has 0 bridgehead atoms.